The summed E-state index contributed by atoms with van der Waals surface area (Å²) >= 11 is 0. The van der Waals surface area contributed by atoms with Gasteiger partial charge in [-0.05, 0) is 25.0 Å². The summed E-state index contributed by atoms with van der Waals surface area (Å²) in [5.41, 5.74) is 8.72. The van der Waals surface area contributed by atoms with Crippen molar-refractivity contribution in [3.05, 3.63) is 29.7 Å². The highest BCUT2D eigenvalue weighted by atomic mass is 15.4. The van der Waals surface area contributed by atoms with Gasteiger partial charge in [-0.25, -0.2) is 4.68 Å². The van der Waals surface area contributed by atoms with Crippen molar-refractivity contribution in [2.75, 3.05) is 5.73 Å². The van der Waals surface area contributed by atoms with Crippen molar-refractivity contribution in [1.29, 1.82) is 0 Å². The first-order valence-corrected chi connectivity index (χ1v) is 5.42. The second-order valence-electron chi connectivity index (χ2n) is 3.51. The molecule has 2 rings (SSSR count). The molecule has 0 bridgehead atoms. The minimum Gasteiger partial charge on any atom is -0.396 e. The zero-order valence-electron chi connectivity index (χ0n) is 9.51. The summed E-state index contributed by atoms with van der Waals surface area (Å²) in [6.45, 7) is 4.10. The summed E-state index contributed by atoms with van der Waals surface area (Å²) in [6.07, 6.45) is 3.30. The summed E-state index contributed by atoms with van der Waals surface area (Å²) < 4.78 is 1.78. The largest absolute Gasteiger partial charge is 0.396 e. The first-order valence-electron chi connectivity index (χ1n) is 5.42. The second-order valence-corrected chi connectivity index (χ2v) is 3.51. The standard InChI is InChI=1S/C11H15N5/c1-3-8-11(12)9(4-2)16(15-8)10-6-5-7-13-14-10/h5-7H,3-4,12H2,1-2H3. The van der Waals surface area contributed by atoms with Crippen LogP contribution in [0.25, 0.3) is 5.82 Å². The molecule has 0 aliphatic carbocycles. The average Bonchev–Trinajstić information content (AvgIpc) is 2.66. The first kappa shape index (κ1) is 10.6. The molecule has 0 atom stereocenters. The molecule has 0 aliphatic heterocycles. The van der Waals surface area contributed by atoms with E-state index in [1.807, 2.05) is 19.1 Å². The Hall–Kier alpha value is -1.91. The maximum Gasteiger partial charge on any atom is 0.176 e. The topological polar surface area (TPSA) is 69.6 Å². The Morgan fingerprint density at radius 1 is 1.31 bits per heavy atom. The van der Waals surface area contributed by atoms with Crippen LogP contribution in [0.3, 0.4) is 0 Å². The van der Waals surface area contributed by atoms with Crippen LogP contribution < -0.4 is 5.73 Å². The van der Waals surface area contributed by atoms with E-state index in [0.717, 1.165) is 29.9 Å². The van der Waals surface area contributed by atoms with Gasteiger partial charge in [0.15, 0.2) is 5.82 Å². The van der Waals surface area contributed by atoms with Crippen molar-refractivity contribution in [3.8, 4) is 5.82 Å². The molecule has 5 heteroatoms. The number of nitrogens with zero attached hydrogens (tertiary/aromatic N) is 4. The number of hydrogen-bond acceptors (Lipinski definition) is 4. The molecule has 0 fully saturated rings. The molecule has 0 amide bonds. The third-order valence-corrected chi connectivity index (χ3v) is 2.54. The SMILES string of the molecule is CCc1nn(-c2cccnn2)c(CC)c1N. The first-order chi connectivity index (χ1) is 7.77. The molecule has 0 unspecified atom stereocenters. The van der Waals surface area contributed by atoms with Crippen LogP contribution in [0.5, 0.6) is 0 Å². The highest BCUT2D eigenvalue weighted by Gasteiger charge is 2.14. The van der Waals surface area contributed by atoms with Crippen LogP contribution in [0.15, 0.2) is 18.3 Å². The van der Waals surface area contributed by atoms with E-state index < -0.39 is 0 Å². The van der Waals surface area contributed by atoms with Gasteiger partial charge in [0.1, 0.15) is 0 Å². The second kappa shape index (κ2) is 4.30. The van der Waals surface area contributed by atoms with Crippen molar-refractivity contribution >= 4 is 5.69 Å². The van der Waals surface area contributed by atoms with E-state index in [2.05, 4.69) is 22.2 Å². The normalized spacial score (nSPS) is 10.6. The van der Waals surface area contributed by atoms with Crippen molar-refractivity contribution in [1.82, 2.24) is 20.0 Å². The van der Waals surface area contributed by atoms with Gasteiger partial charge in [-0.2, -0.15) is 10.2 Å². The number of rotatable bonds is 3. The van der Waals surface area contributed by atoms with Crippen LogP contribution in [0.1, 0.15) is 25.2 Å². The van der Waals surface area contributed by atoms with Crippen molar-refractivity contribution in [2.45, 2.75) is 26.7 Å². The van der Waals surface area contributed by atoms with Gasteiger partial charge < -0.3 is 5.73 Å². The lowest BCUT2D eigenvalue weighted by Gasteiger charge is -2.03. The molecule has 84 valence electrons. The van der Waals surface area contributed by atoms with Gasteiger partial charge in [-0.3, -0.25) is 0 Å². The van der Waals surface area contributed by atoms with Crippen molar-refractivity contribution < 1.29 is 0 Å². The average molecular weight is 217 g/mol. The van der Waals surface area contributed by atoms with Crippen molar-refractivity contribution in [2.24, 2.45) is 0 Å². The number of hydrogen-bond donors (Lipinski definition) is 1. The van der Waals surface area contributed by atoms with Gasteiger partial charge >= 0.3 is 0 Å². The number of nitrogens with two attached hydrogens (primary N) is 1. The molecule has 2 heterocycles. The fourth-order valence-electron chi connectivity index (χ4n) is 1.71. The molecular formula is C11H15N5. The lowest BCUT2D eigenvalue weighted by Crippen LogP contribution is -2.05. The summed E-state index contributed by atoms with van der Waals surface area (Å²) in [7, 11) is 0. The Morgan fingerprint density at radius 3 is 2.69 bits per heavy atom. The van der Waals surface area contributed by atoms with Crippen LogP contribution in [-0.2, 0) is 12.8 Å². The van der Waals surface area contributed by atoms with Crippen molar-refractivity contribution in [3.63, 3.8) is 0 Å². The van der Waals surface area contributed by atoms with Crippen LogP contribution in [0, 0.1) is 0 Å². The van der Waals surface area contributed by atoms with Gasteiger partial charge in [-0.1, -0.05) is 13.8 Å². The fourth-order valence-corrected chi connectivity index (χ4v) is 1.71. The van der Waals surface area contributed by atoms with E-state index in [9.17, 15) is 0 Å². The van der Waals surface area contributed by atoms with E-state index in [0.29, 0.717) is 5.82 Å². The quantitative estimate of drug-likeness (QED) is 0.843. The highest BCUT2D eigenvalue weighted by Crippen LogP contribution is 2.20. The third kappa shape index (κ3) is 1.64. The maximum absolute atomic E-state index is 6.03. The minimum atomic E-state index is 0.714. The maximum atomic E-state index is 6.03. The molecular weight excluding hydrogens is 202 g/mol. The van der Waals surface area contributed by atoms with Crippen LogP contribution in [0.2, 0.25) is 0 Å². The predicted molar refractivity (Wildman–Crippen MR) is 62.3 cm³/mol. The van der Waals surface area contributed by atoms with E-state index in [1.165, 1.54) is 0 Å². The third-order valence-electron chi connectivity index (χ3n) is 2.54. The van der Waals surface area contributed by atoms with E-state index in [1.54, 1.807) is 10.9 Å². The van der Waals surface area contributed by atoms with Gasteiger partial charge in [-0.15, -0.1) is 5.10 Å². The Balaban J connectivity index is 2.57. The lowest BCUT2D eigenvalue weighted by molar-refractivity contribution is 0.754. The summed E-state index contributed by atoms with van der Waals surface area (Å²) in [5, 5.41) is 12.3. The predicted octanol–water partition coefficient (Wildman–Crippen LogP) is 1.37. The minimum absolute atomic E-state index is 0.714. The molecule has 0 saturated heterocycles. The molecule has 0 spiro atoms. The molecule has 5 nitrogen and oxygen atoms in total. The molecule has 0 aromatic carbocycles. The lowest BCUT2D eigenvalue weighted by atomic mass is 10.2. The number of nitrogen functional groups attached to an aromatic ring is 1. The zero-order valence-corrected chi connectivity index (χ0v) is 9.51. The van der Waals surface area contributed by atoms with Gasteiger partial charge in [0.25, 0.3) is 0 Å². The Bertz CT molecular complexity index is 475. The van der Waals surface area contributed by atoms with Gasteiger partial charge in [0.05, 0.1) is 17.1 Å². The monoisotopic (exact) mass is 217 g/mol. The summed E-state index contributed by atoms with van der Waals surface area (Å²) in [6, 6.07) is 3.71. The fraction of sp³-hybridized carbons (Fsp3) is 0.364. The molecule has 0 radical (unpaired) electrons. The van der Waals surface area contributed by atoms with E-state index in [4.69, 9.17) is 5.73 Å². The molecule has 16 heavy (non-hydrogen) atoms. The zero-order chi connectivity index (χ0) is 11.5. The Morgan fingerprint density at radius 2 is 2.12 bits per heavy atom. The Labute approximate surface area is 94.3 Å². The smallest absolute Gasteiger partial charge is 0.176 e. The number of aryl methyl sites for hydroxylation is 1. The molecule has 0 aliphatic rings. The number of anilines is 1. The van der Waals surface area contributed by atoms with Crippen LogP contribution in [-0.4, -0.2) is 20.0 Å². The highest BCUT2D eigenvalue weighted by molar-refractivity contribution is 5.50. The van der Waals surface area contributed by atoms with Gasteiger partial charge in [0, 0.05) is 6.20 Å². The Kier molecular flexibility index (Phi) is 2.85. The molecule has 2 N–H and O–H groups in total. The molecule has 0 saturated carbocycles. The molecule has 2 aromatic heterocycles. The van der Waals surface area contributed by atoms with Crippen LogP contribution >= 0.6 is 0 Å². The van der Waals surface area contributed by atoms with E-state index in [-0.39, 0.29) is 0 Å². The number of aromatic nitrogens is 4. The van der Waals surface area contributed by atoms with Gasteiger partial charge in [0.2, 0.25) is 0 Å². The summed E-state index contributed by atoms with van der Waals surface area (Å²) in [5.74, 6) is 0.714. The molecule has 2 aromatic rings. The van der Waals surface area contributed by atoms with E-state index >= 15 is 0 Å². The van der Waals surface area contributed by atoms with Crippen LogP contribution in [0.4, 0.5) is 5.69 Å². The summed E-state index contributed by atoms with van der Waals surface area (Å²) in [4.78, 5) is 0.